The fourth-order valence-electron chi connectivity index (χ4n) is 9.51. The van der Waals surface area contributed by atoms with Crippen LogP contribution in [0.5, 0.6) is 11.5 Å². The Labute approximate surface area is 348 Å². The molecule has 314 valence electrons. The second-order valence-electron chi connectivity index (χ2n) is 16.5. The molecule has 6 aliphatic rings. The predicted molar refractivity (Wildman–Crippen MR) is 222 cm³/mol. The first-order valence-corrected chi connectivity index (χ1v) is 20.7. The van der Waals surface area contributed by atoms with Crippen LogP contribution in [0.15, 0.2) is 49.3 Å². The van der Waals surface area contributed by atoms with E-state index in [0.29, 0.717) is 81.8 Å². The summed E-state index contributed by atoms with van der Waals surface area (Å²) in [5.74, 6) is -0.433. The van der Waals surface area contributed by atoms with E-state index in [4.69, 9.17) is 9.47 Å². The third kappa shape index (κ3) is 7.02. The highest BCUT2D eigenvalue weighted by atomic mass is 16.5. The molecular formula is C45H51N7O8. The van der Waals surface area contributed by atoms with Gasteiger partial charge in [0.15, 0.2) is 5.78 Å². The van der Waals surface area contributed by atoms with Gasteiger partial charge in [-0.05, 0) is 74.8 Å². The average molecular weight is 818 g/mol. The molecule has 15 nitrogen and oxygen atoms in total. The van der Waals surface area contributed by atoms with Crippen LogP contribution in [0.25, 0.3) is 11.3 Å². The number of hydrogen-bond donors (Lipinski definition) is 2. The highest BCUT2D eigenvalue weighted by Crippen LogP contribution is 2.52. The van der Waals surface area contributed by atoms with Gasteiger partial charge in [0.05, 0.1) is 49.4 Å². The van der Waals surface area contributed by atoms with Crippen LogP contribution in [0.2, 0.25) is 0 Å². The fraction of sp³-hybridized carbons (Fsp3) is 0.444. The third-order valence-electron chi connectivity index (χ3n) is 12.9. The summed E-state index contributed by atoms with van der Waals surface area (Å²) >= 11 is 0. The molecule has 4 heterocycles. The van der Waals surface area contributed by atoms with E-state index < -0.39 is 17.4 Å². The summed E-state index contributed by atoms with van der Waals surface area (Å²) in [6.07, 6.45) is 7.64. The molecule has 3 aromatic rings. The molecule has 1 aromatic heterocycles. The van der Waals surface area contributed by atoms with E-state index in [-0.39, 0.29) is 65.7 Å². The monoisotopic (exact) mass is 817 g/mol. The second-order valence-corrected chi connectivity index (χ2v) is 16.5. The van der Waals surface area contributed by atoms with E-state index in [9.17, 15) is 28.8 Å². The van der Waals surface area contributed by atoms with E-state index >= 15 is 0 Å². The van der Waals surface area contributed by atoms with Gasteiger partial charge in [-0.3, -0.25) is 38.3 Å². The topological polar surface area (TPSA) is 172 Å². The zero-order valence-corrected chi connectivity index (χ0v) is 34.6. The van der Waals surface area contributed by atoms with Crippen molar-refractivity contribution in [2.24, 2.45) is 13.0 Å². The first-order chi connectivity index (χ1) is 28.8. The summed E-state index contributed by atoms with van der Waals surface area (Å²) in [6.45, 7) is 5.67. The first kappa shape index (κ1) is 40.5. The maximum atomic E-state index is 13.7. The Morgan fingerprint density at radius 1 is 0.950 bits per heavy atom. The molecule has 3 saturated carbocycles. The maximum Gasteiger partial charge on any atom is 0.264 e. The molecule has 9 rings (SSSR count). The molecule has 4 amide bonds. The summed E-state index contributed by atoms with van der Waals surface area (Å²) in [6, 6.07) is 9.04. The fourth-order valence-corrected chi connectivity index (χ4v) is 9.51. The van der Waals surface area contributed by atoms with Crippen LogP contribution in [0, 0.1) is 5.92 Å². The number of piperidine rings is 1. The van der Waals surface area contributed by atoms with Crippen LogP contribution < -0.4 is 20.1 Å². The van der Waals surface area contributed by atoms with Crippen molar-refractivity contribution in [2.45, 2.75) is 75.8 Å². The van der Waals surface area contributed by atoms with E-state index in [2.05, 4.69) is 22.3 Å². The molecule has 4 fully saturated rings. The van der Waals surface area contributed by atoms with Gasteiger partial charge in [-0.15, -0.1) is 0 Å². The number of rotatable bonds is 14. The number of nitrogens with zero attached hydrogens (tertiary/aromatic N) is 5. The molecule has 1 saturated heterocycles. The Bertz CT molecular complexity index is 2320. The number of nitrogens with one attached hydrogen (secondary N) is 2. The molecule has 2 aromatic carbocycles. The molecule has 0 radical (unpaired) electrons. The van der Waals surface area contributed by atoms with E-state index in [1.165, 1.54) is 0 Å². The molecular weight excluding hydrogens is 767 g/mol. The number of aryl methyl sites for hydroxylation is 1. The number of ether oxygens (including phenoxy) is 2. The van der Waals surface area contributed by atoms with Crippen LogP contribution in [-0.4, -0.2) is 112 Å². The number of likely N-dealkylation sites (tertiary alicyclic amines) is 1. The molecule has 0 unspecified atom stereocenters. The number of ketones is 2. The number of fused-ring (bicyclic) bond motifs is 4. The Kier molecular flexibility index (Phi) is 10.9. The number of hydrogen-bond acceptors (Lipinski definition) is 11. The standard InChI is InChI=1S/C45H51N7O8/c1-26-42-32(24-47-50(42)3)33(25-49(26)2)27-19-36(59-4)30(37(20-27)60-5)9-7-12-39(55)46-16-8-13-40(56)51-17-14-29(15-18-51)48-34-11-6-10-31-41(34)44(58)52(43(31)57)45-22-28(23-45)35(53)21-38(45)54/h6,10-11,19-20,24-25,28-29,48H,1,7-9,12-18,21-23H2,2-5H3,(H,46,55). The molecule has 2 N–H and O–H groups in total. The number of imide groups is 1. The number of anilines is 1. The summed E-state index contributed by atoms with van der Waals surface area (Å²) in [5.41, 5.74) is 5.38. The molecule has 60 heavy (non-hydrogen) atoms. The largest absolute Gasteiger partial charge is 0.496 e. The highest BCUT2D eigenvalue weighted by molar-refractivity contribution is 6.27. The lowest BCUT2D eigenvalue weighted by Crippen LogP contribution is -2.68. The summed E-state index contributed by atoms with van der Waals surface area (Å²) in [4.78, 5) is 83.0. The normalized spacial score (nSPS) is 21.1. The van der Waals surface area contributed by atoms with Gasteiger partial charge in [-0.25, -0.2) is 0 Å². The van der Waals surface area contributed by atoms with Crippen molar-refractivity contribution in [3.8, 4) is 11.5 Å². The van der Waals surface area contributed by atoms with Gasteiger partial charge in [-0.1, -0.05) is 12.6 Å². The quantitative estimate of drug-likeness (QED) is 0.135. The summed E-state index contributed by atoms with van der Waals surface area (Å²) < 4.78 is 13.4. The van der Waals surface area contributed by atoms with Crippen molar-refractivity contribution in [1.82, 2.24) is 29.8 Å². The van der Waals surface area contributed by atoms with Gasteiger partial charge in [0.2, 0.25) is 11.8 Å². The number of methoxy groups -OCH3 is 2. The second kappa shape index (κ2) is 16.1. The molecule has 2 bridgehead atoms. The summed E-state index contributed by atoms with van der Waals surface area (Å²) in [7, 11) is 7.10. The van der Waals surface area contributed by atoms with Gasteiger partial charge in [-0.2, -0.15) is 5.10 Å². The van der Waals surface area contributed by atoms with Gasteiger partial charge in [0, 0.05) is 87.1 Å². The Morgan fingerprint density at radius 2 is 1.67 bits per heavy atom. The Balaban J connectivity index is 0.775. The molecule has 0 spiro atoms. The van der Waals surface area contributed by atoms with Crippen molar-refractivity contribution in [3.05, 3.63) is 82.8 Å². The molecule has 3 aliphatic heterocycles. The Morgan fingerprint density at radius 3 is 2.35 bits per heavy atom. The van der Waals surface area contributed by atoms with Crippen LogP contribution in [-0.2, 0) is 32.6 Å². The van der Waals surface area contributed by atoms with Gasteiger partial charge >= 0.3 is 0 Å². The van der Waals surface area contributed by atoms with Crippen LogP contribution in [0.3, 0.4) is 0 Å². The van der Waals surface area contributed by atoms with Gasteiger partial charge < -0.3 is 29.9 Å². The van der Waals surface area contributed by atoms with Crippen molar-refractivity contribution >= 4 is 52.2 Å². The predicted octanol–water partition coefficient (Wildman–Crippen LogP) is 4.35. The first-order valence-electron chi connectivity index (χ1n) is 20.7. The molecule has 15 heteroatoms. The minimum Gasteiger partial charge on any atom is -0.496 e. The van der Waals surface area contributed by atoms with Gasteiger partial charge in [0.25, 0.3) is 11.8 Å². The highest BCUT2D eigenvalue weighted by Gasteiger charge is 2.64. The lowest BCUT2D eigenvalue weighted by atomic mass is 9.57. The summed E-state index contributed by atoms with van der Waals surface area (Å²) in [5, 5.41) is 10.8. The molecule has 0 atom stereocenters. The zero-order chi connectivity index (χ0) is 42.5. The van der Waals surface area contributed by atoms with E-state index in [1.807, 2.05) is 53.1 Å². The number of carbonyl (C=O) groups excluding carboxylic acids is 6. The number of Topliss-reactive ketones (excluding diaryl/α,β-unsaturated/α-hetero) is 2. The smallest absolute Gasteiger partial charge is 0.264 e. The van der Waals surface area contributed by atoms with Crippen molar-refractivity contribution in [2.75, 3.05) is 46.2 Å². The van der Waals surface area contributed by atoms with Crippen molar-refractivity contribution < 1.29 is 38.2 Å². The van der Waals surface area contributed by atoms with Crippen molar-refractivity contribution in [1.29, 1.82) is 0 Å². The number of aromatic nitrogens is 2. The van der Waals surface area contributed by atoms with Gasteiger partial charge in [0.1, 0.15) is 22.8 Å². The Hall–Kier alpha value is -6.25. The number of benzene rings is 2. The van der Waals surface area contributed by atoms with E-state index in [1.54, 1.807) is 32.4 Å². The maximum absolute atomic E-state index is 13.7. The van der Waals surface area contributed by atoms with Crippen LogP contribution >= 0.6 is 0 Å². The third-order valence-corrected chi connectivity index (χ3v) is 12.9. The zero-order valence-electron chi connectivity index (χ0n) is 34.6. The van der Waals surface area contributed by atoms with Crippen LogP contribution in [0.4, 0.5) is 5.69 Å². The average Bonchev–Trinajstić information content (AvgIpc) is 3.73. The molecule has 3 aliphatic carbocycles. The number of carbonyl (C=O) groups is 6. The number of amides is 4. The van der Waals surface area contributed by atoms with Crippen LogP contribution in [0.1, 0.15) is 101 Å². The lowest BCUT2D eigenvalue weighted by Gasteiger charge is -2.53. The minimum absolute atomic E-state index is 0.0244. The SMILES string of the molecule is C=C1c2c(cnn2C)C(c2cc(OC)c(CCCC(=O)NCCCC(=O)N3CCC(Nc4cccc5c4C(=O)N(C46CC(C4)C(=O)CC6=O)C5=O)CC3)c(OC)c2)=CN1C. The van der Waals surface area contributed by atoms with E-state index in [0.717, 1.165) is 38.6 Å². The minimum atomic E-state index is -1.22. The van der Waals surface area contributed by atoms with Crippen molar-refractivity contribution in [3.63, 3.8) is 0 Å². The lowest BCUT2D eigenvalue weighted by molar-refractivity contribution is -0.153.